The molecule has 0 aliphatic heterocycles. The molecule has 1 aromatic carbocycles. The van der Waals surface area contributed by atoms with Gasteiger partial charge in [0.25, 0.3) is 0 Å². The summed E-state index contributed by atoms with van der Waals surface area (Å²) in [6.45, 7) is 0. The van der Waals surface area contributed by atoms with Crippen LogP contribution in [0.5, 0.6) is 0 Å². The van der Waals surface area contributed by atoms with E-state index >= 15 is 0 Å². The monoisotopic (exact) mass is 311 g/mol. The van der Waals surface area contributed by atoms with E-state index in [1.165, 1.54) is 24.3 Å². The first-order valence-corrected chi connectivity index (χ1v) is 8.41. The van der Waals surface area contributed by atoms with E-state index in [2.05, 4.69) is 0 Å². The standard InChI is InChI=1S/C9H15NO7P2/c10-9(19(15,16)17,6-8(11)18(12,13)14)7-4-2-1-3-5-7/h1-5,8,11H,6,10H2,(H2,12,13,14)(H2,15,16,17). The fourth-order valence-corrected chi connectivity index (χ4v) is 3.10. The molecule has 1 aromatic rings. The third kappa shape index (κ3) is 3.72. The van der Waals surface area contributed by atoms with Gasteiger partial charge in [0.1, 0.15) is 5.28 Å². The van der Waals surface area contributed by atoms with Crippen LogP contribution in [0.4, 0.5) is 0 Å². The predicted octanol–water partition coefficient (Wildman–Crippen LogP) is -0.138. The van der Waals surface area contributed by atoms with Gasteiger partial charge in [-0.15, -0.1) is 0 Å². The van der Waals surface area contributed by atoms with Gasteiger partial charge in [0.15, 0.2) is 5.85 Å². The van der Waals surface area contributed by atoms with E-state index < -0.39 is 32.7 Å². The minimum absolute atomic E-state index is 0.0177. The Labute approximate surface area is 109 Å². The molecular weight excluding hydrogens is 296 g/mol. The van der Waals surface area contributed by atoms with Crippen molar-refractivity contribution in [2.45, 2.75) is 17.5 Å². The number of hydrogen-bond acceptors (Lipinski definition) is 4. The van der Waals surface area contributed by atoms with Crippen molar-refractivity contribution in [1.29, 1.82) is 0 Å². The lowest BCUT2D eigenvalue weighted by Gasteiger charge is -2.32. The van der Waals surface area contributed by atoms with Crippen molar-refractivity contribution in [2.24, 2.45) is 5.73 Å². The van der Waals surface area contributed by atoms with Gasteiger partial charge in [-0.25, -0.2) is 0 Å². The zero-order valence-corrected chi connectivity index (χ0v) is 11.5. The summed E-state index contributed by atoms with van der Waals surface area (Å²) < 4.78 is 22.4. The van der Waals surface area contributed by atoms with Gasteiger partial charge < -0.3 is 30.4 Å². The van der Waals surface area contributed by atoms with Crippen LogP contribution in [0.25, 0.3) is 0 Å². The molecule has 0 heterocycles. The molecule has 10 heteroatoms. The van der Waals surface area contributed by atoms with Crippen molar-refractivity contribution in [3.05, 3.63) is 35.9 Å². The molecule has 2 unspecified atom stereocenters. The molecule has 2 atom stereocenters. The van der Waals surface area contributed by atoms with Crippen LogP contribution in [0, 0.1) is 0 Å². The van der Waals surface area contributed by atoms with Gasteiger partial charge in [-0.2, -0.15) is 0 Å². The van der Waals surface area contributed by atoms with E-state index in [0.717, 1.165) is 0 Å². The molecule has 7 N–H and O–H groups in total. The highest BCUT2D eigenvalue weighted by atomic mass is 31.2. The maximum Gasteiger partial charge on any atom is 0.353 e. The first-order valence-electron chi connectivity index (χ1n) is 5.12. The summed E-state index contributed by atoms with van der Waals surface area (Å²) in [4.78, 5) is 36.3. The molecule has 0 amide bonds. The van der Waals surface area contributed by atoms with E-state index in [1.54, 1.807) is 6.07 Å². The summed E-state index contributed by atoms with van der Waals surface area (Å²) in [6.07, 6.45) is -0.967. The molecule has 0 aromatic heterocycles. The van der Waals surface area contributed by atoms with Gasteiger partial charge in [0, 0.05) is 6.42 Å². The van der Waals surface area contributed by atoms with Crippen molar-refractivity contribution < 1.29 is 33.8 Å². The van der Waals surface area contributed by atoms with E-state index in [-0.39, 0.29) is 5.56 Å². The first kappa shape index (κ1) is 16.5. The van der Waals surface area contributed by atoms with Crippen molar-refractivity contribution >= 4 is 15.2 Å². The smallest absolute Gasteiger partial charge is 0.353 e. The van der Waals surface area contributed by atoms with Crippen molar-refractivity contribution in [2.75, 3.05) is 0 Å². The van der Waals surface area contributed by atoms with E-state index in [0.29, 0.717) is 0 Å². The fraction of sp³-hybridized carbons (Fsp3) is 0.333. The van der Waals surface area contributed by atoms with Crippen molar-refractivity contribution in [3.8, 4) is 0 Å². The van der Waals surface area contributed by atoms with E-state index in [1.807, 2.05) is 0 Å². The Morgan fingerprint density at radius 2 is 1.58 bits per heavy atom. The Hall–Kier alpha value is -0.560. The Balaban J connectivity index is 3.24. The normalized spacial score (nSPS) is 17.8. The quantitative estimate of drug-likeness (QED) is 0.409. The highest BCUT2D eigenvalue weighted by molar-refractivity contribution is 7.53. The van der Waals surface area contributed by atoms with Crippen LogP contribution in [-0.2, 0) is 14.4 Å². The van der Waals surface area contributed by atoms with Gasteiger partial charge in [-0.3, -0.25) is 9.13 Å². The Morgan fingerprint density at radius 1 is 1.11 bits per heavy atom. The molecule has 108 valence electrons. The predicted molar refractivity (Wildman–Crippen MR) is 67.0 cm³/mol. The number of rotatable bonds is 5. The lowest BCUT2D eigenvalue weighted by Crippen LogP contribution is -2.39. The lowest BCUT2D eigenvalue weighted by molar-refractivity contribution is 0.171. The van der Waals surface area contributed by atoms with Crippen molar-refractivity contribution in [1.82, 2.24) is 0 Å². The summed E-state index contributed by atoms with van der Waals surface area (Å²) in [7, 11) is -9.87. The molecule has 0 aliphatic carbocycles. The van der Waals surface area contributed by atoms with Crippen LogP contribution < -0.4 is 5.73 Å². The van der Waals surface area contributed by atoms with Crippen LogP contribution in [0.2, 0.25) is 0 Å². The molecule has 0 bridgehead atoms. The molecule has 1 rings (SSSR count). The molecule has 0 saturated heterocycles. The number of nitrogens with two attached hydrogens (primary N) is 1. The fourth-order valence-electron chi connectivity index (χ4n) is 1.53. The third-order valence-electron chi connectivity index (χ3n) is 2.68. The minimum atomic E-state index is -4.96. The average molecular weight is 311 g/mol. The average Bonchev–Trinajstić information content (AvgIpc) is 2.27. The third-order valence-corrected chi connectivity index (χ3v) is 5.11. The van der Waals surface area contributed by atoms with Crippen LogP contribution in [0.15, 0.2) is 30.3 Å². The van der Waals surface area contributed by atoms with Crippen LogP contribution in [0.3, 0.4) is 0 Å². The van der Waals surface area contributed by atoms with Gasteiger partial charge >= 0.3 is 15.2 Å². The summed E-state index contributed by atoms with van der Waals surface area (Å²) in [5.74, 6) is -2.26. The minimum Gasteiger partial charge on any atom is -0.380 e. The molecular formula is C9H15NO7P2. The van der Waals surface area contributed by atoms with Crippen LogP contribution in [0.1, 0.15) is 12.0 Å². The lowest BCUT2D eigenvalue weighted by atomic mass is 10.0. The topological polar surface area (TPSA) is 161 Å². The maximum atomic E-state index is 11.5. The second-order valence-electron chi connectivity index (χ2n) is 4.11. The number of benzene rings is 1. The molecule has 19 heavy (non-hydrogen) atoms. The first-order chi connectivity index (χ1) is 8.48. The SMILES string of the molecule is NC(CC(O)P(=O)(O)O)(c1ccccc1)P(=O)(O)O. The van der Waals surface area contributed by atoms with Gasteiger partial charge in [0.2, 0.25) is 0 Å². The summed E-state index contributed by atoms with van der Waals surface area (Å²) in [5.41, 5.74) is 5.61. The summed E-state index contributed by atoms with van der Waals surface area (Å²) in [6, 6.07) is 7.15. The zero-order valence-electron chi connectivity index (χ0n) is 9.70. The molecule has 0 spiro atoms. The zero-order chi connectivity index (χ0) is 14.9. The molecule has 0 saturated carbocycles. The van der Waals surface area contributed by atoms with Gasteiger partial charge in [-0.05, 0) is 5.56 Å². The van der Waals surface area contributed by atoms with Crippen LogP contribution in [-0.4, -0.2) is 30.5 Å². The van der Waals surface area contributed by atoms with E-state index in [9.17, 15) is 24.0 Å². The van der Waals surface area contributed by atoms with Gasteiger partial charge in [-0.1, -0.05) is 30.3 Å². The second-order valence-corrected chi connectivity index (χ2v) is 7.77. The molecule has 0 radical (unpaired) electrons. The Kier molecular flexibility index (Phi) is 4.72. The summed E-state index contributed by atoms with van der Waals surface area (Å²) >= 11 is 0. The Bertz CT molecular complexity index is 525. The highest BCUT2D eigenvalue weighted by Gasteiger charge is 2.49. The highest BCUT2D eigenvalue weighted by Crippen LogP contribution is 2.58. The molecule has 8 nitrogen and oxygen atoms in total. The largest absolute Gasteiger partial charge is 0.380 e. The molecule has 0 fully saturated rings. The maximum absolute atomic E-state index is 11.5. The number of aliphatic hydroxyl groups excluding tert-OH is 1. The second kappa shape index (κ2) is 5.44. The number of hydrogen-bond donors (Lipinski definition) is 6. The number of aliphatic hydroxyl groups is 1. The molecule has 0 aliphatic rings. The van der Waals surface area contributed by atoms with E-state index in [4.69, 9.17) is 15.5 Å². The van der Waals surface area contributed by atoms with Crippen molar-refractivity contribution in [3.63, 3.8) is 0 Å². The Morgan fingerprint density at radius 3 is 1.95 bits per heavy atom. The van der Waals surface area contributed by atoms with Gasteiger partial charge in [0.05, 0.1) is 0 Å². The van der Waals surface area contributed by atoms with Crippen LogP contribution >= 0.6 is 15.2 Å². The summed E-state index contributed by atoms with van der Waals surface area (Å²) in [5, 5.41) is 6.99.